The van der Waals surface area contributed by atoms with Crippen LogP contribution in [0.25, 0.3) is 22.4 Å². The van der Waals surface area contributed by atoms with Crippen LogP contribution in [0.1, 0.15) is 35.1 Å². The fraction of sp³-hybridized carbons (Fsp3) is 0.261. The van der Waals surface area contributed by atoms with Gasteiger partial charge in [0.2, 0.25) is 0 Å². The number of piperidine rings is 1. The molecule has 1 saturated heterocycles. The number of hydrogen-bond donors (Lipinski definition) is 1. The van der Waals surface area contributed by atoms with Gasteiger partial charge in [0.25, 0.3) is 11.8 Å². The predicted octanol–water partition coefficient (Wildman–Crippen LogP) is 4.25. The number of carbonyl (C=O) groups excluding carboxylic acids is 1. The lowest BCUT2D eigenvalue weighted by Gasteiger charge is -2.30. The number of hydrogen-bond acceptors (Lipinski definition) is 5. The fourth-order valence-electron chi connectivity index (χ4n) is 3.97. The summed E-state index contributed by atoms with van der Waals surface area (Å²) in [5.74, 6) is 2.15. The van der Waals surface area contributed by atoms with Gasteiger partial charge < -0.3 is 19.1 Å². The molecule has 0 saturated carbocycles. The summed E-state index contributed by atoms with van der Waals surface area (Å²) < 4.78 is 10.7. The molecule has 30 heavy (non-hydrogen) atoms. The van der Waals surface area contributed by atoms with Crippen LogP contribution < -0.4 is 4.74 Å². The maximum Gasteiger partial charge on any atom is 0.270 e. The summed E-state index contributed by atoms with van der Waals surface area (Å²) in [5, 5.41) is 5.24. The number of rotatable bonds is 4. The standard InChI is InChI=1S/C23H22N4O3/c1-29-18-7-4-6-17(13-18)22-25-21(26-30-22)15-9-11-27(12-10-15)23(28)20-14-16-5-2-3-8-19(16)24-20/h2-8,13-15,24H,9-12H2,1H3. The Labute approximate surface area is 173 Å². The van der Waals surface area contributed by atoms with Gasteiger partial charge in [-0.05, 0) is 43.2 Å². The summed E-state index contributed by atoms with van der Waals surface area (Å²) in [6.45, 7) is 1.34. The van der Waals surface area contributed by atoms with Crippen LogP contribution in [0.2, 0.25) is 0 Å². The second-order valence-electron chi connectivity index (χ2n) is 7.53. The van der Waals surface area contributed by atoms with Crippen molar-refractivity contribution in [3.63, 3.8) is 0 Å². The van der Waals surface area contributed by atoms with E-state index < -0.39 is 0 Å². The maximum absolute atomic E-state index is 12.9. The third-order valence-electron chi connectivity index (χ3n) is 5.67. The smallest absolute Gasteiger partial charge is 0.270 e. The van der Waals surface area contributed by atoms with Crippen molar-refractivity contribution in [1.82, 2.24) is 20.0 Å². The van der Waals surface area contributed by atoms with Crippen LogP contribution in [0.15, 0.2) is 59.1 Å². The minimum Gasteiger partial charge on any atom is -0.497 e. The molecule has 1 amide bonds. The van der Waals surface area contributed by atoms with Crippen molar-refractivity contribution in [2.45, 2.75) is 18.8 Å². The van der Waals surface area contributed by atoms with Gasteiger partial charge in [0.15, 0.2) is 5.82 Å². The summed E-state index contributed by atoms with van der Waals surface area (Å²) in [4.78, 5) is 22.6. The Morgan fingerprint density at radius 2 is 1.97 bits per heavy atom. The number of aromatic amines is 1. The van der Waals surface area contributed by atoms with Crippen molar-refractivity contribution in [2.24, 2.45) is 0 Å². The summed E-state index contributed by atoms with van der Waals surface area (Å²) in [6.07, 6.45) is 1.62. The van der Waals surface area contributed by atoms with E-state index in [0.717, 1.165) is 35.1 Å². The molecular formula is C23H22N4O3. The highest BCUT2D eigenvalue weighted by molar-refractivity contribution is 5.98. The normalized spacial score (nSPS) is 14.9. The summed E-state index contributed by atoms with van der Waals surface area (Å²) >= 11 is 0. The Kier molecular flexibility index (Phi) is 4.71. The van der Waals surface area contributed by atoms with Crippen molar-refractivity contribution in [1.29, 1.82) is 0 Å². The molecule has 152 valence electrons. The second kappa shape index (κ2) is 7.67. The summed E-state index contributed by atoms with van der Waals surface area (Å²) in [7, 11) is 1.63. The van der Waals surface area contributed by atoms with Gasteiger partial charge in [0.05, 0.1) is 7.11 Å². The van der Waals surface area contributed by atoms with Gasteiger partial charge in [-0.3, -0.25) is 4.79 Å². The minimum absolute atomic E-state index is 0.0369. The molecule has 2 aromatic heterocycles. The Morgan fingerprint density at radius 1 is 1.13 bits per heavy atom. The van der Waals surface area contributed by atoms with E-state index in [4.69, 9.17) is 9.26 Å². The topological polar surface area (TPSA) is 84.2 Å². The lowest BCUT2D eigenvalue weighted by molar-refractivity contribution is 0.0705. The van der Waals surface area contributed by atoms with Gasteiger partial charge in [-0.1, -0.05) is 29.4 Å². The largest absolute Gasteiger partial charge is 0.497 e. The van der Waals surface area contributed by atoms with E-state index in [9.17, 15) is 4.79 Å². The van der Waals surface area contributed by atoms with Crippen LogP contribution in [-0.4, -0.2) is 46.1 Å². The van der Waals surface area contributed by atoms with Crippen molar-refractivity contribution < 1.29 is 14.1 Å². The van der Waals surface area contributed by atoms with Gasteiger partial charge in [0.1, 0.15) is 11.4 Å². The number of para-hydroxylation sites is 1. The SMILES string of the molecule is COc1cccc(-c2nc(C3CCN(C(=O)c4cc5ccccc5[nH]4)CC3)no2)c1. The van der Waals surface area contributed by atoms with Crippen LogP contribution in [-0.2, 0) is 0 Å². The van der Waals surface area contributed by atoms with E-state index in [1.54, 1.807) is 7.11 Å². The molecule has 0 atom stereocenters. The number of nitrogens with one attached hydrogen (secondary N) is 1. The Bertz CT molecular complexity index is 1150. The zero-order valence-corrected chi connectivity index (χ0v) is 16.7. The molecule has 7 nitrogen and oxygen atoms in total. The van der Waals surface area contributed by atoms with Crippen LogP contribution in [0.3, 0.4) is 0 Å². The highest BCUT2D eigenvalue weighted by Crippen LogP contribution is 2.30. The Hall–Kier alpha value is -3.61. The van der Waals surface area contributed by atoms with E-state index >= 15 is 0 Å². The third kappa shape index (κ3) is 3.43. The van der Waals surface area contributed by atoms with Gasteiger partial charge >= 0.3 is 0 Å². The van der Waals surface area contributed by atoms with Gasteiger partial charge in [-0.2, -0.15) is 4.98 Å². The molecule has 0 unspecified atom stereocenters. The second-order valence-corrected chi connectivity index (χ2v) is 7.53. The van der Waals surface area contributed by atoms with Crippen LogP contribution in [0.5, 0.6) is 5.75 Å². The van der Waals surface area contributed by atoms with E-state index in [1.165, 1.54) is 0 Å². The van der Waals surface area contributed by atoms with Gasteiger partial charge in [0, 0.05) is 35.5 Å². The van der Waals surface area contributed by atoms with Crippen molar-refractivity contribution >= 4 is 16.8 Å². The molecule has 0 spiro atoms. The van der Waals surface area contributed by atoms with E-state index in [2.05, 4.69) is 15.1 Å². The lowest BCUT2D eigenvalue weighted by Crippen LogP contribution is -2.38. The lowest BCUT2D eigenvalue weighted by atomic mass is 9.96. The number of amides is 1. The number of benzene rings is 2. The molecule has 0 aliphatic carbocycles. The fourth-order valence-corrected chi connectivity index (χ4v) is 3.97. The zero-order valence-electron chi connectivity index (χ0n) is 16.7. The monoisotopic (exact) mass is 402 g/mol. The highest BCUT2D eigenvalue weighted by atomic mass is 16.5. The number of carbonyl (C=O) groups is 1. The molecule has 1 N–H and O–H groups in total. The average Bonchev–Trinajstić information content (AvgIpc) is 3.46. The molecule has 7 heteroatoms. The zero-order chi connectivity index (χ0) is 20.5. The van der Waals surface area contributed by atoms with Crippen LogP contribution >= 0.6 is 0 Å². The first-order valence-corrected chi connectivity index (χ1v) is 10.1. The molecule has 1 aliphatic rings. The van der Waals surface area contributed by atoms with Crippen LogP contribution in [0.4, 0.5) is 0 Å². The molecule has 0 radical (unpaired) electrons. The van der Waals surface area contributed by atoms with Crippen molar-refractivity contribution in [2.75, 3.05) is 20.2 Å². The molecule has 2 aromatic carbocycles. The first-order chi connectivity index (χ1) is 14.7. The molecule has 3 heterocycles. The number of ether oxygens (including phenoxy) is 1. The average molecular weight is 402 g/mol. The minimum atomic E-state index is 0.0369. The first kappa shape index (κ1) is 18.4. The number of fused-ring (bicyclic) bond motifs is 1. The van der Waals surface area contributed by atoms with Crippen molar-refractivity contribution in [3.8, 4) is 17.2 Å². The number of aromatic nitrogens is 3. The highest BCUT2D eigenvalue weighted by Gasteiger charge is 2.28. The number of nitrogens with zero attached hydrogens (tertiary/aromatic N) is 3. The summed E-state index contributed by atoms with van der Waals surface area (Å²) in [6, 6.07) is 17.4. The molecule has 5 rings (SSSR count). The molecular weight excluding hydrogens is 380 g/mol. The maximum atomic E-state index is 12.9. The number of likely N-dealkylation sites (tertiary alicyclic amines) is 1. The Balaban J connectivity index is 1.26. The van der Waals surface area contributed by atoms with Gasteiger partial charge in [-0.15, -0.1) is 0 Å². The molecule has 4 aromatic rings. The van der Waals surface area contributed by atoms with Crippen molar-refractivity contribution in [3.05, 3.63) is 66.1 Å². The quantitative estimate of drug-likeness (QED) is 0.552. The van der Waals surface area contributed by atoms with Crippen LogP contribution in [0, 0.1) is 0 Å². The molecule has 0 bridgehead atoms. The number of methoxy groups -OCH3 is 1. The van der Waals surface area contributed by atoms with E-state index in [-0.39, 0.29) is 11.8 Å². The number of H-pyrrole nitrogens is 1. The molecule has 1 fully saturated rings. The summed E-state index contributed by atoms with van der Waals surface area (Å²) in [5.41, 5.74) is 2.45. The van der Waals surface area contributed by atoms with E-state index in [1.807, 2.05) is 59.5 Å². The predicted molar refractivity (Wildman–Crippen MR) is 112 cm³/mol. The first-order valence-electron chi connectivity index (χ1n) is 10.1. The van der Waals surface area contributed by atoms with E-state index in [0.29, 0.717) is 30.5 Å². The Morgan fingerprint density at radius 3 is 2.77 bits per heavy atom. The molecule has 1 aliphatic heterocycles. The third-order valence-corrected chi connectivity index (χ3v) is 5.67. The van der Waals surface area contributed by atoms with Gasteiger partial charge in [-0.25, -0.2) is 0 Å².